The SMILES string of the molecule is Clc1ccc([C@@H]2C[C@@H](c3ccc(Cl)cc3)n3ncnc3N2)cc1. The van der Waals surface area contributed by atoms with Gasteiger partial charge in [-0.25, -0.2) is 4.68 Å². The normalized spacial score (nSPS) is 19.9. The summed E-state index contributed by atoms with van der Waals surface area (Å²) in [5.74, 6) is 0.774. The minimum atomic E-state index is 0.117. The van der Waals surface area contributed by atoms with Crippen LogP contribution < -0.4 is 5.32 Å². The minimum absolute atomic E-state index is 0.117. The number of anilines is 1. The Labute approximate surface area is 144 Å². The fourth-order valence-corrected chi connectivity index (χ4v) is 3.25. The quantitative estimate of drug-likeness (QED) is 0.730. The highest BCUT2D eigenvalue weighted by Crippen LogP contribution is 2.37. The maximum absolute atomic E-state index is 6.01. The molecular weight excluding hydrogens is 331 g/mol. The van der Waals surface area contributed by atoms with E-state index in [9.17, 15) is 0 Å². The number of hydrogen-bond acceptors (Lipinski definition) is 3. The molecule has 0 spiro atoms. The lowest BCUT2D eigenvalue weighted by atomic mass is 9.93. The van der Waals surface area contributed by atoms with E-state index in [4.69, 9.17) is 23.2 Å². The molecule has 0 radical (unpaired) electrons. The van der Waals surface area contributed by atoms with Crippen molar-refractivity contribution in [2.24, 2.45) is 0 Å². The molecule has 4 nitrogen and oxygen atoms in total. The number of fused-ring (bicyclic) bond motifs is 1. The van der Waals surface area contributed by atoms with Gasteiger partial charge in [-0.15, -0.1) is 0 Å². The zero-order valence-electron chi connectivity index (χ0n) is 12.2. The van der Waals surface area contributed by atoms with E-state index in [0.29, 0.717) is 0 Å². The standard InChI is InChI=1S/C17H14Cl2N4/c18-13-5-1-11(2-6-13)15-9-16(12-3-7-14(19)8-4-12)23-17(22-15)20-10-21-23/h1-8,10,15-16H,9H2,(H,20,21,22)/t15-,16-/m0/s1. The van der Waals surface area contributed by atoms with Crippen LogP contribution in [0.4, 0.5) is 5.95 Å². The highest BCUT2D eigenvalue weighted by molar-refractivity contribution is 6.30. The Kier molecular flexibility index (Phi) is 3.71. The van der Waals surface area contributed by atoms with E-state index in [2.05, 4.69) is 15.4 Å². The Hall–Kier alpha value is -2.04. The largest absolute Gasteiger partial charge is 0.348 e. The molecule has 1 aliphatic rings. The van der Waals surface area contributed by atoms with Gasteiger partial charge in [-0.05, 0) is 41.8 Å². The Morgan fingerprint density at radius 2 is 1.52 bits per heavy atom. The number of rotatable bonds is 2. The minimum Gasteiger partial charge on any atom is -0.348 e. The molecule has 0 fully saturated rings. The molecule has 6 heteroatoms. The second-order valence-electron chi connectivity index (χ2n) is 5.58. The van der Waals surface area contributed by atoms with Gasteiger partial charge in [0.05, 0.1) is 12.1 Å². The van der Waals surface area contributed by atoms with E-state index in [-0.39, 0.29) is 12.1 Å². The Morgan fingerprint density at radius 1 is 0.913 bits per heavy atom. The van der Waals surface area contributed by atoms with Crippen LogP contribution >= 0.6 is 23.2 Å². The van der Waals surface area contributed by atoms with Crippen molar-refractivity contribution in [2.45, 2.75) is 18.5 Å². The van der Waals surface area contributed by atoms with Crippen LogP contribution in [0.25, 0.3) is 0 Å². The summed E-state index contributed by atoms with van der Waals surface area (Å²) in [6.45, 7) is 0. The molecule has 116 valence electrons. The average molecular weight is 345 g/mol. The van der Waals surface area contributed by atoms with Crippen LogP contribution in [-0.2, 0) is 0 Å². The van der Waals surface area contributed by atoms with E-state index in [1.807, 2.05) is 53.2 Å². The number of aromatic nitrogens is 3. The predicted molar refractivity (Wildman–Crippen MR) is 92.0 cm³/mol. The molecule has 1 N–H and O–H groups in total. The van der Waals surface area contributed by atoms with Gasteiger partial charge in [-0.2, -0.15) is 10.1 Å². The zero-order chi connectivity index (χ0) is 15.8. The Morgan fingerprint density at radius 3 is 2.17 bits per heavy atom. The molecule has 0 amide bonds. The lowest BCUT2D eigenvalue weighted by molar-refractivity contribution is 0.431. The Balaban J connectivity index is 1.71. The van der Waals surface area contributed by atoms with Gasteiger partial charge >= 0.3 is 0 Å². The highest BCUT2D eigenvalue weighted by Gasteiger charge is 2.29. The summed E-state index contributed by atoms with van der Waals surface area (Å²) in [4.78, 5) is 4.33. The molecule has 3 aromatic rings. The number of nitrogens with one attached hydrogen (secondary N) is 1. The van der Waals surface area contributed by atoms with Crippen LogP contribution in [0.1, 0.15) is 29.6 Å². The predicted octanol–water partition coefficient (Wildman–Crippen LogP) is 4.73. The summed E-state index contributed by atoms with van der Waals surface area (Å²) in [6.07, 6.45) is 2.45. The van der Waals surface area contributed by atoms with Crippen LogP contribution in [0.15, 0.2) is 54.9 Å². The highest BCUT2D eigenvalue weighted by atomic mass is 35.5. The molecule has 0 unspecified atom stereocenters. The molecule has 0 saturated heterocycles. The molecule has 2 heterocycles. The zero-order valence-corrected chi connectivity index (χ0v) is 13.7. The second kappa shape index (κ2) is 5.87. The number of nitrogens with zero attached hydrogens (tertiary/aromatic N) is 3. The number of benzene rings is 2. The molecule has 2 aromatic carbocycles. The summed E-state index contributed by atoms with van der Waals surface area (Å²) >= 11 is 12.0. The van der Waals surface area contributed by atoms with Crippen LogP contribution in [0.3, 0.4) is 0 Å². The molecule has 1 aliphatic heterocycles. The van der Waals surface area contributed by atoms with E-state index >= 15 is 0 Å². The van der Waals surface area contributed by atoms with Crippen molar-refractivity contribution in [3.8, 4) is 0 Å². The molecule has 23 heavy (non-hydrogen) atoms. The van der Waals surface area contributed by atoms with Crippen molar-refractivity contribution in [1.82, 2.24) is 14.8 Å². The third-order valence-electron chi connectivity index (χ3n) is 4.16. The third kappa shape index (κ3) is 2.80. The first kappa shape index (κ1) is 14.5. The molecule has 0 aliphatic carbocycles. The van der Waals surface area contributed by atoms with Crippen molar-refractivity contribution >= 4 is 29.2 Å². The number of hydrogen-bond donors (Lipinski definition) is 1. The maximum atomic E-state index is 6.01. The van der Waals surface area contributed by atoms with Crippen LogP contribution in [0.2, 0.25) is 10.0 Å². The topological polar surface area (TPSA) is 42.7 Å². The molecule has 0 bridgehead atoms. The monoisotopic (exact) mass is 344 g/mol. The van der Waals surface area contributed by atoms with Crippen molar-refractivity contribution in [3.05, 3.63) is 76.0 Å². The summed E-state index contributed by atoms with van der Waals surface area (Å²) in [7, 11) is 0. The van der Waals surface area contributed by atoms with Crippen LogP contribution in [0, 0.1) is 0 Å². The fourth-order valence-electron chi connectivity index (χ4n) is 3.00. The average Bonchev–Trinajstić information content (AvgIpc) is 3.04. The van der Waals surface area contributed by atoms with Crippen molar-refractivity contribution < 1.29 is 0 Å². The summed E-state index contributed by atoms with van der Waals surface area (Å²) < 4.78 is 1.93. The van der Waals surface area contributed by atoms with E-state index < -0.39 is 0 Å². The lowest BCUT2D eigenvalue weighted by Gasteiger charge is -2.31. The van der Waals surface area contributed by atoms with Crippen LogP contribution in [-0.4, -0.2) is 14.8 Å². The van der Waals surface area contributed by atoms with E-state index in [0.717, 1.165) is 22.4 Å². The molecule has 2 atom stereocenters. The fraction of sp³-hybridized carbons (Fsp3) is 0.176. The summed E-state index contributed by atoms with van der Waals surface area (Å²) in [5, 5.41) is 9.28. The van der Waals surface area contributed by atoms with Gasteiger partial charge in [-0.3, -0.25) is 0 Å². The summed E-state index contributed by atoms with van der Waals surface area (Å²) in [5.41, 5.74) is 2.35. The van der Waals surface area contributed by atoms with Gasteiger partial charge in [-0.1, -0.05) is 47.5 Å². The van der Waals surface area contributed by atoms with Crippen molar-refractivity contribution in [2.75, 3.05) is 5.32 Å². The van der Waals surface area contributed by atoms with Gasteiger partial charge in [0.2, 0.25) is 5.95 Å². The molecule has 1 aromatic heterocycles. The smallest absolute Gasteiger partial charge is 0.222 e. The van der Waals surface area contributed by atoms with Crippen LogP contribution in [0.5, 0.6) is 0 Å². The van der Waals surface area contributed by atoms with Gasteiger partial charge in [0.15, 0.2) is 0 Å². The molecule has 0 saturated carbocycles. The maximum Gasteiger partial charge on any atom is 0.222 e. The number of halogens is 2. The van der Waals surface area contributed by atoms with Crippen molar-refractivity contribution in [3.63, 3.8) is 0 Å². The van der Waals surface area contributed by atoms with E-state index in [1.165, 1.54) is 11.1 Å². The van der Waals surface area contributed by atoms with E-state index in [1.54, 1.807) is 6.33 Å². The molecule has 4 rings (SSSR count). The van der Waals surface area contributed by atoms with Gasteiger partial charge in [0, 0.05) is 10.0 Å². The summed E-state index contributed by atoms with van der Waals surface area (Å²) in [6, 6.07) is 16.1. The first-order chi connectivity index (χ1) is 11.2. The van der Waals surface area contributed by atoms with Gasteiger partial charge in [0.1, 0.15) is 6.33 Å². The first-order valence-electron chi connectivity index (χ1n) is 7.38. The van der Waals surface area contributed by atoms with Gasteiger partial charge < -0.3 is 5.32 Å². The first-order valence-corrected chi connectivity index (χ1v) is 8.13. The second-order valence-corrected chi connectivity index (χ2v) is 6.45. The van der Waals surface area contributed by atoms with Gasteiger partial charge in [0.25, 0.3) is 0 Å². The third-order valence-corrected chi connectivity index (χ3v) is 4.66. The molecular formula is C17H14Cl2N4. The lowest BCUT2D eigenvalue weighted by Crippen LogP contribution is -2.28. The Bertz CT molecular complexity index is 811. The van der Waals surface area contributed by atoms with Crippen molar-refractivity contribution in [1.29, 1.82) is 0 Å².